The van der Waals surface area contributed by atoms with Crippen molar-refractivity contribution in [1.29, 1.82) is 0 Å². The van der Waals surface area contributed by atoms with E-state index >= 15 is 0 Å². The Labute approximate surface area is 127 Å². The SMILES string of the molecule is Cc1cccc(OCC(=O)Nc2cc(Cl)ccc2F)c1C. The number of benzene rings is 2. The molecule has 0 aromatic heterocycles. The molecule has 0 saturated heterocycles. The molecule has 0 aliphatic carbocycles. The van der Waals surface area contributed by atoms with Crippen LogP contribution in [0.3, 0.4) is 0 Å². The van der Waals surface area contributed by atoms with Crippen molar-refractivity contribution in [2.45, 2.75) is 13.8 Å². The third kappa shape index (κ3) is 3.95. The molecule has 0 heterocycles. The molecule has 0 fully saturated rings. The molecule has 2 aromatic carbocycles. The van der Waals surface area contributed by atoms with Gasteiger partial charge in [-0.15, -0.1) is 0 Å². The summed E-state index contributed by atoms with van der Waals surface area (Å²) in [5.41, 5.74) is 2.09. The van der Waals surface area contributed by atoms with Gasteiger partial charge in [-0.25, -0.2) is 4.39 Å². The Balaban J connectivity index is 1.99. The van der Waals surface area contributed by atoms with E-state index in [9.17, 15) is 9.18 Å². The summed E-state index contributed by atoms with van der Waals surface area (Å²) in [4.78, 5) is 11.8. The van der Waals surface area contributed by atoms with Crippen molar-refractivity contribution in [3.05, 3.63) is 58.4 Å². The number of rotatable bonds is 4. The van der Waals surface area contributed by atoms with E-state index in [4.69, 9.17) is 16.3 Å². The van der Waals surface area contributed by atoms with Crippen molar-refractivity contribution in [2.24, 2.45) is 0 Å². The van der Waals surface area contributed by atoms with Crippen LogP contribution >= 0.6 is 11.6 Å². The van der Waals surface area contributed by atoms with Crippen molar-refractivity contribution >= 4 is 23.2 Å². The van der Waals surface area contributed by atoms with Crippen LogP contribution in [0.15, 0.2) is 36.4 Å². The van der Waals surface area contributed by atoms with Gasteiger partial charge in [0, 0.05) is 5.02 Å². The monoisotopic (exact) mass is 307 g/mol. The van der Waals surface area contributed by atoms with Gasteiger partial charge in [0.25, 0.3) is 5.91 Å². The molecule has 0 atom stereocenters. The highest BCUT2D eigenvalue weighted by atomic mass is 35.5. The van der Waals surface area contributed by atoms with Crippen molar-refractivity contribution in [3.8, 4) is 5.75 Å². The van der Waals surface area contributed by atoms with Crippen LogP contribution < -0.4 is 10.1 Å². The standard InChI is InChI=1S/C16H15ClFNO2/c1-10-4-3-5-15(11(10)2)21-9-16(20)19-14-8-12(17)6-7-13(14)18/h3-8H,9H2,1-2H3,(H,19,20). The maximum absolute atomic E-state index is 13.5. The van der Waals surface area contributed by atoms with Crippen LogP contribution in [-0.4, -0.2) is 12.5 Å². The Morgan fingerprint density at radius 2 is 2.05 bits per heavy atom. The summed E-state index contributed by atoms with van der Waals surface area (Å²) < 4.78 is 19.0. The summed E-state index contributed by atoms with van der Waals surface area (Å²) in [6.07, 6.45) is 0. The van der Waals surface area contributed by atoms with Crippen molar-refractivity contribution < 1.29 is 13.9 Å². The zero-order valence-corrected chi connectivity index (χ0v) is 12.5. The molecular formula is C16H15ClFNO2. The molecule has 110 valence electrons. The molecule has 0 spiro atoms. The first-order valence-electron chi connectivity index (χ1n) is 6.41. The average Bonchev–Trinajstić information content (AvgIpc) is 2.44. The lowest BCUT2D eigenvalue weighted by Gasteiger charge is -2.11. The Bertz CT molecular complexity index is 673. The van der Waals surface area contributed by atoms with Crippen LogP contribution in [-0.2, 0) is 4.79 Å². The smallest absolute Gasteiger partial charge is 0.262 e. The first-order chi connectivity index (χ1) is 9.97. The van der Waals surface area contributed by atoms with Crippen LogP contribution in [0.2, 0.25) is 5.02 Å². The molecular weight excluding hydrogens is 293 g/mol. The minimum absolute atomic E-state index is 0.0389. The summed E-state index contributed by atoms with van der Waals surface area (Å²) in [7, 11) is 0. The number of carbonyl (C=O) groups is 1. The molecule has 1 amide bonds. The minimum Gasteiger partial charge on any atom is -0.483 e. The molecule has 0 saturated carbocycles. The maximum Gasteiger partial charge on any atom is 0.262 e. The highest BCUT2D eigenvalue weighted by Gasteiger charge is 2.09. The summed E-state index contributed by atoms with van der Waals surface area (Å²) >= 11 is 5.76. The molecule has 0 bridgehead atoms. The van der Waals surface area contributed by atoms with E-state index in [2.05, 4.69) is 5.32 Å². The van der Waals surface area contributed by atoms with Crippen LogP contribution in [0.25, 0.3) is 0 Å². The number of amides is 1. The van der Waals surface area contributed by atoms with E-state index in [0.717, 1.165) is 11.1 Å². The molecule has 0 aliphatic heterocycles. The van der Waals surface area contributed by atoms with Gasteiger partial charge in [-0.05, 0) is 49.2 Å². The lowest BCUT2D eigenvalue weighted by Crippen LogP contribution is -2.21. The summed E-state index contributed by atoms with van der Waals surface area (Å²) in [6.45, 7) is 3.68. The number of ether oxygens (including phenoxy) is 1. The Morgan fingerprint density at radius 1 is 1.29 bits per heavy atom. The van der Waals surface area contributed by atoms with Gasteiger partial charge in [-0.3, -0.25) is 4.79 Å². The van der Waals surface area contributed by atoms with Crippen LogP contribution in [0.1, 0.15) is 11.1 Å². The van der Waals surface area contributed by atoms with Gasteiger partial charge >= 0.3 is 0 Å². The summed E-state index contributed by atoms with van der Waals surface area (Å²) in [6, 6.07) is 9.57. The predicted octanol–water partition coefficient (Wildman–Crippen LogP) is 4.11. The highest BCUT2D eigenvalue weighted by Crippen LogP contribution is 2.21. The van der Waals surface area contributed by atoms with E-state index in [1.807, 2.05) is 26.0 Å². The van der Waals surface area contributed by atoms with Crippen molar-refractivity contribution in [1.82, 2.24) is 0 Å². The van der Waals surface area contributed by atoms with E-state index in [-0.39, 0.29) is 12.3 Å². The highest BCUT2D eigenvalue weighted by molar-refractivity contribution is 6.30. The summed E-state index contributed by atoms with van der Waals surface area (Å²) in [5, 5.41) is 2.78. The van der Waals surface area contributed by atoms with Crippen LogP contribution in [0.4, 0.5) is 10.1 Å². The van der Waals surface area contributed by atoms with E-state index in [1.54, 1.807) is 6.07 Å². The summed E-state index contributed by atoms with van der Waals surface area (Å²) in [5.74, 6) is -0.353. The molecule has 2 aromatic rings. The third-order valence-electron chi connectivity index (χ3n) is 3.12. The first kappa shape index (κ1) is 15.3. The number of carbonyl (C=O) groups excluding carboxylic acids is 1. The second kappa shape index (κ2) is 6.59. The maximum atomic E-state index is 13.5. The molecule has 1 N–H and O–H groups in total. The number of hydrogen-bond donors (Lipinski definition) is 1. The largest absolute Gasteiger partial charge is 0.483 e. The number of anilines is 1. The van der Waals surface area contributed by atoms with Crippen LogP contribution in [0.5, 0.6) is 5.75 Å². The van der Waals surface area contributed by atoms with E-state index in [0.29, 0.717) is 10.8 Å². The predicted molar refractivity (Wildman–Crippen MR) is 81.5 cm³/mol. The van der Waals surface area contributed by atoms with E-state index < -0.39 is 11.7 Å². The third-order valence-corrected chi connectivity index (χ3v) is 3.35. The normalized spacial score (nSPS) is 10.3. The minimum atomic E-state index is -0.542. The first-order valence-corrected chi connectivity index (χ1v) is 6.79. The zero-order valence-electron chi connectivity index (χ0n) is 11.7. The molecule has 21 heavy (non-hydrogen) atoms. The van der Waals surface area contributed by atoms with Gasteiger partial charge in [0.1, 0.15) is 11.6 Å². The van der Waals surface area contributed by atoms with Gasteiger partial charge in [0.15, 0.2) is 6.61 Å². The van der Waals surface area contributed by atoms with Crippen molar-refractivity contribution in [3.63, 3.8) is 0 Å². The number of halogens is 2. The average molecular weight is 308 g/mol. The lowest BCUT2D eigenvalue weighted by molar-refractivity contribution is -0.118. The topological polar surface area (TPSA) is 38.3 Å². The van der Waals surface area contributed by atoms with Gasteiger partial charge in [-0.1, -0.05) is 23.7 Å². The van der Waals surface area contributed by atoms with Gasteiger partial charge < -0.3 is 10.1 Å². The van der Waals surface area contributed by atoms with E-state index in [1.165, 1.54) is 18.2 Å². The lowest BCUT2D eigenvalue weighted by atomic mass is 10.1. The Kier molecular flexibility index (Phi) is 4.81. The number of nitrogens with one attached hydrogen (secondary N) is 1. The molecule has 0 radical (unpaired) electrons. The fourth-order valence-electron chi connectivity index (χ4n) is 1.80. The Hall–Kier alpha value is -2.07. The Morgan fingerprint density at radius 3 is 2.81 bits per heavy atom. The molecule has 0 aliphatic rings. The molecule has 0 unspecified atom stereocenters. The van der Waals surface area contributed by atoms with Gasteiger partial charge in [-0.2, -0.15) is 0 Å². The second-order valence-corrected chi connectivity index (χ2v) is 5.10. The fraction of sp³-hybridized carbons (Fsp3) is 0.188. The molecule has 5 heteroatoms. The number of aryl methyl sites for hydroxylation is 1. The molecule has 2 rings (SSSR count). The number of hydrogen-bond acceptors (Lipinski definition) is 2. The fourth-order valence-corrected chi connectivity index (χ4v) is 1.98. The zero-order chi connectivity index (χ0) is 15.4. The van der Waals surface area contributed by atoms with Gasteiger partial charge in [0.05, 0.1) is 5.69 Å². The van der Waals surface area contributed by atoms with Crippen LogP contribution in [0, 0.1) is 19.7 Å². The van der Waals surface area contributed by atoms with Crippen molar-refractivity contribution in [2.75, 3.05) is 11.9 Å². The quantitative estimate of drug-likeness (QED) is 0.923. The molecule has 3 nitrogen and oxygen atoms in total. The van der Waals surface area contributed by atoms with Gasteiger partial charge in [0.2, 0.25) is 0 Å². The second-order valence-electron chi connectivity index (χ2n) is 4.66.